The number of halogens is 2. The molecule has 0 saturated carbocycles. The van der Waals surface area contributed by atoms with E-state index < -0.39 is 0 Å². The maximum atomic E-state index is 13.5. The van der Waals surface area contributed by atoms with Crippen molar-refractivity contribution in [1.82, 2.24) is 0 Å². The molecular formula is C26H22BrClN2O. The van der Waals surface area contributed by atoms with Crippen molar-refractivity contribution < 1.29 is 4.79 Å². The fraction of sp³-hybridized carbons (Fsp3) is 0.192. The molecule has 3 aromatic rings. The van der Waals surface area contributed by atoms with Gasteiger partial charge >= 0.3 is 0 Å². The van der Waals surface area contributed by atoms with Gasteiger partial charge in [-0.2, -0.15) is 0 Å². The molecule has 5 heteroatoms. The fourth-order valence-corrected chi connectivity index (χ4v) is 5.02. The van der Waals surface area contributed by atoms with Gasteiger partial charge in [0, 0.05) is 27.2 Å². The highest BCUT2D eigenvalue weighted by molar-refractivity contribution is 9.10. The zero-order chi connectivity index (χ0) is 21.5. The van der Waals surface area contributed by atoms with Crippen LogP contribution in [-0.2, 0) is 4.79 Å². The summed E-state index contributed by atoms with van der Waals surface area (Å²) < 4.78 is 1.04. The molecule has 2 aliphatic rings. The van der Waals surface area contributed by atoms with Gasteiger partial charge in [-0.1, -0.05) is 63.9 Å². The Bertz CT molecular complexity index is 1200. The fourth-order valence-electron chi connectivity index (χ4n) is 4.50. The Morgan fingerprint density at radius 3 is 2.39 bits per heavy atom. The molecule has 0 fully saturated rings. The van der Waals surface area contributed by atoms with E-state index in [1.807, 2.05) is 36.4 Å². The number of Topliss-reactive ketones (excluding diaryl/α,β-unsaturated/α-hetero) is 1. The molecule has 3 aromatic carbocycles. The molecule has 1 aliphatic carbocycles. The van der Waals surface area contributed by atoms with Crippen molar-refractivity contribution in [3.63, 3.8) is 0 Å². The van der Waals surface area contributed by atoms with Crippen LogP contribution in [0.1, 0.15) is 41.5 Å². The molecule has 0 radical (unpaired) electrons. The third-order valence-corrected chi connectivity index (χ3v) is 7.29. The van der Waals surface area contributed by atoms with E-state index in [0.717, 1.165) is 44.7 Å². The maximum absolute atomic E-state index is 13.5. The van der Waals surface area contributed by atoms with Gasteiger partial charge in [0.2, 0.25) is 0 Å². The molecule has 0 amide bonds. The molecule has 3 nitrogen and oxygen atoms in total. The molecule has 0 spiro atoms. The summed E-state index contributed by atoms with van der Waals surface area (Å²) >= 11 is 9.74. The molecular weight excluding hydrogens is 472 g/mol. The Labute approximate surface area is 195 Å². The minimum atomic E-state index is -0.207. The highest BCUT2D eigenvalue weighted by Gasteiger charge is 2.36. The number of para-hydroxylation sites is 2. The number of fused-ring (bicyclic) bond motifs is 1. The van der Waals surface area contributed by atoms with Crippen molar-refractivity contribution in [2.24, 2.45) is 0 Å². The summed E-state index contributed by atoms with van der Waals surface area (Å²) in [4.78, 5) is 13.5. The number of nitrogens with one attached hydrogen (secondary N) is 2. The van der Waals surface area contributed by atoms with Crippen molar-refractivity contribution in [3.8, 4) is 0 Å². The lowest BCUT2D eigenvalue weighted by Gasteiger charge is -2.30. The van der Waals surface area contributed by atoms with Crippen LogP contribution in [0.15, 0.2) is 82.5 Å². The molecule has 2 atom stereocenters. The van der Waals surface area contributed by atoms with E-state index in [1.165, 1.54) is 5.56 Å². The van der Waals surface area contributed by atoms with Crippen molar-refractivity contribution >= 4 is 44.7 Å². The molecule has 0 saturated heterocycles. The Kier molecular flexibility index (Phi) is 5.37. The second-order valence-electron chi connectivity index (χ2n) is 8.23. The molecule has 0 aromatic heterocycles. The van der Waals surface area contributed by atoms with E-state index in [0.29, 0.717) is 11.4 Å². The average molecular weight is 494 g/mol. The summed E-state index contributed by atoms with van der Waals surface area (Å²) in [7, 11) is 0. The van der Waals surface area contributed by atoms with E-state index in [4.69, 9.17) is 11.6 Å². The number of rotatable bonds is 2. The van der Waals surface area contributed by atoms with Gasteiger partial charge in [0.1, 0.15) is 0 Å². The zero-order valence-electron chi connectivity index (χ0n) is 17.1. The summed E-state index contributed by atoms with van der Waals surface area (Å²) in [5, 5.41) is 7.93. The number of benzene rings is 3. The van der Waals surface area contributed by atoms with Crippen molar-refractivity contribution in [2.75, 3.05) is 10.6 Å². The minimum Gasteiger partial charge on any atom is -0.372 e. The van der Waals surface area contributed by atoms with Gasteiger partial charge < -0.3 is 10.6 Å². The van der Waals surface area contributed by atoms with Crippen LogP contribution in [0.3, 0.4) is 0 Å². The topological polar surface area (TPSA) is 41.1 Å². The molecule has 0 bridgehead atoms. The van der Waals surface area contributed by atoms with Gasteiger partial charge in [0.25, 0.3) is 0 Å². The predicted molar refractivity (Wildman–Crippen MR) is 131 cm³/mol. The summed E-state index contributed by atoms with van der Waals surface area (Å²) in [6.07, 6.45) is 1.27. The first kappa shape index (κ1) is 20.3. The number of hydrogen-bond donors (Lipinski definition) is 2. The van der Waals surface area contributed by atoms with Crippen molar-refractivity contribution in [3.05, 3.63) is 104 Å². The smallest absolute Gasteiger partial charge is 0.163 e. The number of ketones is 1. The van der Waals surface area contributed by atoms with Gasteiger partial charge in [-0.15, -0.1) is 0 Å². The highest BCUT2D eigenvalue weighted by atomic mass is 79.9. The zero-order valence-corrected chi connectivity index (χ0v) is 19.4. The molecule has 2 N–H and O–H groups in total. The van der Waals surface area contributed by atoms with Gasteiger partial charge in [-0.25, -0.2) is 0 Å². The highest BCUT2D eigenvalue weighted by Crippen LogP contribution is 2.44. The number of carbonyl (C=O) groups is 1. The maximum Gasteiger partial charge on any atom is 0.163 e. The number of carbonyl (C=O) groups excluding carboxylic acids is 1. The Hall–Kier alpha value is -2.56. The van der Waals surface area contributed by atoms with Crippen LogP contribution in [0.25, 0.3) is 0 Å². The quantitative estimate of drug-likeness (QED) is 0.391. The Morgan fingerprint density at radius 1 is 0.935 bits per heavy atom. The van der Waals surface area contributed by atoms with Crippen molar-refractivity contribution in [1.29, 1.82) is 0 Å². The average Bonchev–Trinajstić information content (AvgIpc) is 2.93. The van der Waals surface area contributed by atoms with Crippen molar-refractivity contribution in [2.45, 2.75) is 31.7 Å². The standard InChI is InChI=1S/C26H22BrClN2O/c1-15-6-7-17(12-20(15)27)26-25-23(29-21-4-2-3-5-22(21)30-26)13-18(14-24(25)31)16-8-10-19(28)11-9-16/h2-12,18,26,29-30H,13-14H2,1H3. The Morgan fingerprint density at radius 2 is 1.65 bits per heavy atom. The van der Waals surface area contributed by atoms with Crippen LogP contribution in [-0.4, -0.2) is 5.78 Å². The third-order valence-electron chi connectivity index (χ3n) is 6.18. The van der Waals surface area contributed by atoms with Crippen LogP contribution in [0, 0.1) is 6.92 Å². The molecule has 1 aliphatic heterocycles. The summed E-state index contributed by atoms with van der Waals surface area (Å²) in [5.41, 5.74) is 7.20. The lowest BCUT2D eigenvalue weighted by Crippen LogP contribution is -2.26. The molecule has 1 heterocycles. The summed E-state index contributed by atoms with van der Waals surface area (Å²) in [6.45, 7) is 2.07. The second-order valence-corrected chi connectivity index (χ2v) is 9.52. The summed E-state index contributed by atoms with van der Waals surface area (Å²) in [5.74, 6) is 0.308. The summed E-state index contributed by atoms with van der Waals surface area (Å²) in [6, 6.07) is 22.1. The number of aryl methyl sites for hydroxylation is 1. The Balaban J connectivity index is 1.61. The minimum absolute atomic E-state index is 0.131. The van der Waals surface area contributed by atoms with Gasteiger partial charge in [-0.3, -0.25) is 4.79 Å². The molecule has 156 valence electrons. The monoisotopic (exact) mass is 492 g/mol. The molecule has 2 unspecified atom stereocenters. The van der Waals surface area contributed by atoms with E-state index in [9.17, 15) is 4.79 Å². The molecule has 5 rings (SSSR count). The van der Waals surface area contributed by atoms with Gasteiger partial charge in [0.05, 0.1) is 17.4 Å². The van der Waals surface area contributed by atoms with E-state index in [1.54, 1.807) is 0 Å². The lowest BCUT2D eigenvalue weighted by atomic mass is 9.78. The van der Waals surface area contributed by atoms with Gasteiger partial charge in [-0.05, 0) is 66.3 Å². The van der Waals surface area contributed by atoms with Gasteiger partial charge in [0.15, 0.2) is 5.78 Å². The first-order valence-corrected chi connectivity index (χ1v) is 11.6. The van der Waals surface area contributed by atoms with Crippen LogP contribution in [0.5, 0.6) is 0 Å². The van der Waals surface area contributed by atoms with E-state index in [-0.39, 0.29) is 17.7 Å². The van der Waals surface area contributed by atoms with Crippen LogP contribution in [0.4, 0.5) is 11.4 Å². The molecule has 31 heavy (non-hydrogen) atoms. The predicted octanol–water partition coefficient (Wildman–Crippen LogP) is 7.39. The number of anilines is 2. The van der Waals surface area contributed by atoms with Crippen LogP contribution >= 0.6 is 27.5 Å². The normalized spacial score (nSPS) is 20.3. The number of allylic oxidation sites excluding steroid dienone is 1. The number of hydrogen-bond acceptors (Lipinski definition) is 3. The van der Waals surface area contributed by atoms with Crippen LogP contribution in [0.2, 0.25) is 5.02 Å². The third kappa shape index (κ3) is 3.90. The van der Waals surface area contributed by atoms with Crippen LogP contribution < -0.4 is 10.6 Å². The first-order chi connectivity index (χ1) is 15.0. The largest absolute Gasteiger partial charge is 0.372 e. The second kappa shape index (κ2) is 8.18. The van der Waals surface area contributed by atoms with E-state index in [2.05, 4.69) is 63.8 Å². The lowest BCUT2D eigenvalue weighted by molar-refractivity contribution is -0.116. The first-order valence-electron chi connectivity index (χ1n) is 10.4. The SMILES string of the molecule is Cc1ccc(C2Nc3ccccc3NC3=C2C(=O)CC(c2ccc(Cl)cc2)C3)cc1Br. The van der Waals surface area contributed by atoms with E-state index >= 15 is 0 Å².